The van der Waals surface area contributed by atoms with Crippen LogP contribution in [0, 0.1) is 0 Å². The summed E-state index contributed by atoms with van der Waals surface area (Å²) in [5.41, 5.74) is 5.77. The molecule has 0 spiro atoms. The van der Waals surface area contributed by atoms with E-state index >= 15 is 0 Å². The number of nitrogens with zero attached hydrogens (tertiary/aromatic N) is 3. The average molecular weight is 508 g/mol. The minimum atomic E-state index is -0.0371. The zero-order valence-corrected chi connectivity index (χ0v) is 21.5. The molecule has 0 bridgehead atoms. The van der Waals surface area contributed by atoms with Crippen LogP contribution < -0.4 is 15.4 Å². The fraction of sp³-hybridized carbons (Fsp3) is 0.290. The predicted octanol–water partition coefficient (Wildman–Crippen LogP) is 4.78. The van der Waals surface area contributed by atoms with Crippen molar-refractivity contribution in [3.63, 3.8) is 0 Å². The van der Waals surface area contributed by atoms with Gasteiger partial charge in [-0.2, -0.15) is 0 Å². The molecule has 38 heavy (non-hydrogen) atoms. The summed E-state index contributed by atoms with van der Waals surface area (Å²) in [5.74, 6) is 0.809. The lowest BCUT2D eigenvalue weighted by atomic mass is 10.0. The molecule has 3 aromatic carbocycles. The summed E-state index contributed by atoms with van der Waals surface area (Å²) in [6, 6.07) is 26.4. The molecule has 7 nitrogen and oxygen atoms in total. The molecule has 2 aliphatic heterocycles. The van der Waals surface area contributed by atoms with Gasteiger partial charge in [-0.25, -0.2) is 4.98 Å². The Labute approximate surface area is 223 Å². The molecular formula is C31H33N5O2. The van der Waals surface area contributed by atoms with Crippen LogP contribution in [0.25, 0.3) is 16.9 Å². The first-order valence-corrected chi connectivity index (χ1v) is 13.5. The van der Waals surface area contributed by atoms with E-state index in [-0.39, 0.29) is 11.9 Å². The first kappa shape index (κ1) is 24.2. The second-order valence-corrected chi connectivity index (χ2v) is 9.86. The van der Waals surface area contributed by atoms with Crippen LogP contribution in [0.3, 0.4) is 0 Å². The Morgan fingerprint density at radius 3 is 2.66 bits per heavy atom. The largest absolute Gasteiger partial charge is 0.494 e. The molecule has 1 atom stereocenters. The number of imidazole rings is 1. The highest BCUT2D eigenvalue weighted by atomic mass is 16.5. The van der Waals surface area contributed by atoms with Crippen LogP contribution in [-0.4, -0.2) is 59.2 Å². The minimum Gasteiger partial charge on any atom is -0.494 e. The molecule has 3 heterocycles. The van der Waals surface area contributed by atoms with Gasteiger partial charge in [0.2, 0.25) is 0 Å². The fourth-order valence-electron chi connectivity index (χ4n) is 5.42. The Morgan fingerprint density at radius 1 is 1.00 bits per heavy atom. The normalized spacial score (nSPS) is 16.9. The van der Waals surface area contributed by atoms with Crippen LogP contribution in [0.2, 0.25) is 0 Å². The SMILES string of the molecule is O=C(c1ncn(-c2ccc3c(c2)NCCC3)c1-c1ccccc1)N1CCNC[C@H]1CCOc1ccccc1. The van der Waals surface area contributed by atoms with Crippen molar-refractivity contribution in [1.29, 1.82) is 0 Å². The summed E-state index contributed by atoms with van der Waals surface area (Å²) < 4.78 is 8.00. The summed E-state index contributed by atoms with van der Waals surface area (Å²) in [5, 5.41) is 6.97. The second-order valence-electron chi connectivity index (χ2n) is 9.86. The lowest BCUT2D eigenvalue weighted by Crippen LogP contribution is -2.54. The van der Waals surface area contributed by atoms with E-state index in [0.29, 0.717) is 18.8 Å². The third-order valence-electron chi connectivity index (χ3n) is 7.40. The van der Waals surface area contributed by atoms with E-state index in [1.807, 2.05) is 65.6 Å². The number of hydrogen-bond acceptors (Lipinski definition) is 5. The smallest absolute Gasteiger partial charge is 0.275 e. The van der Waals surface area contributed by atoms with Crippen LogP contribution >= 0.6 is 0 Å². The van der Waals surface area contributed by atoms with E-state index < -0.39 is 0 Å². The molecule has 1 fully saturated rings. The number of aryl methyl sites for hydroxylation is 1. The Kier molecular flexibility index (Phi) is 7.09. The number of anilines is 1. The minimum absolute atomic E-state index is 0.0293. The van der Waals surface area contributed by atoms with Crippen molar-refractivity contribution in [2.24, 2.45) is 0 Å². The van der Waals surface area contributed by atoms with Crippen molar-refractivity contribution in [1.82, 2.24) is 19.8 Å². The van der Waals surface area contributed by atoms with Gasteiger partial charge >= 0.3 is 0 Å². The lowest BCUT2D eigenvalue weighted by Gasteiger charge is -2.36. The van der Waals surface area contributed by atoms with Crippen molar-refractivity contribution in [2.45, 2.75) is 25.3 Å². The molecule has 1 amide bonds. The number of carbonyl (C=O) groups is 1. The number of fused-ring (bicyclic) bond motifs is 1. The van der Waals surface area contributed by atoms with Crippen molar-refractivity contribution in [3.05, 3.63) is 96.4 Å². The number of benzene rings is 3. The molecule has 7 heteroatoms. The van der Waals surface area contributed by atoms with Gasteiger partial charge in [0.25, 0.3) is 5.91 Å². The number of ether oxygens (including phenoxy) is 1. The molecule has 0 aliphatic carbocycles. The monoisotopic (exact) mass is 507 g/mol. The highest BCUT2D eigenvalue weighted by Gasteiger charge is 2.31. The topological polar surface area (TPSA) is 71.4 Å². The maximum atomic E-state index is 14.1. The number of piperazine rings is 1. The molecule has 2 aliphatic rings. The molecule has 0 radical (unpaired) electrons. The van der Waals surface area contributed by atoms with Gasteiger partial charge in [0, 0.05) is 55.6 Å². The maximum Gasteiger partial charge on any atom is 0.275 e. The van der Waals surface area contributed by atoms with E-state index in [1.54, 1.807) is 6.33 Å². The Hall–Kier alpha value is -4.10. The molecule has 4 aromatic rings. The Balaban J connectivity index is 1.30. The van der Waals surface area contributed by atoms with Crippen LogP contribution in [0.5, 0.6) is 5.75 Å². The molecule has 1 aromatic heterocycles. The lowest BCUT2D eigenvalue weighted by molar-refractivity contribution is 0.0601. The molecular weight excluding hydrogens is 474 g/mol. The first-order chi connectivity index (χ1) is 18.8. The van der Waals surface area contributed by atoms with Gasteiger partial charge in [-0.15, -0.1) is 0 Å². The molecule has 1 saturated heterocycles. The number of carbonyl (C=O) groups excluding carboxylic acids is 1. The highest BCUT2D eigenvalue weighted by Crippen LogP contribution is 2.31. The molecule has 6 rings (SSSR count). The van der Waals surface area contributed by atoms with Crippen LogP contribution in [0.15, 0.2) is 85.2 Å². The van der Waals surface area contributed by atoms with E-state index in [1.165, 1.54) is 5.56 Å². The van der Waals surface area contributed by atoms with Gasteiger partial charge in [0.05, 0.1) is 12.3 Å². The third-order valence-corrected chi connectivity index (χ3v) is 7.40. The number of rotatable bonds is 7. The van der Waals surface area contributed by atoms with Crippen molar-refractivity contribution >= 4 is 11.6 Å². The summed E-state index contributed by atoms with van der Waals surface area (Å²) >= 11 is 0. The van der Waals surface area contributed by atoms with Crippen LogP contribution in [-0.2, 0) is 6.42 Å². The van der Waals surface area contributed by atoms with Gasteiger partial charge in [0.15, 0.2) is 5.69 Å². The number of para-hydroxylation sites is 1. The van der Waals surface area contributed by atoms with Crippen molar-refractivity contribution in [3.8, 4) is 22.7 Å². The number of aromatic nitrogens is 2. The fourth-order valence-corrected chi connectivity index (χ4v) is 5.42. The average Bonchev–Trinajstić information content (AvgIpc) is 3.43. The van der Waals surface area contributed by atoms with Gasteiger partial charge < -0.3 is 20.3 Å². The van der Waals surface area contributed by atoms with E-state index in [4.69, 9.17) is 9.72 Å². The van der Waals surface area contributed by atoms with E-state index in [9.17, 15) is 4.79 Å². The Morgan fingerprint density at radius 2 is 1.82 bits per heavy atom. The summed E-state index contributed by atoms with van der Waals surface area (Å²) in [6.07, 6.45) is 4.76. The Bertz CT molecular complexity index is 1390. The van der Waals surface area contributed by atoms with Gasteiger partial charge in [-0.05, 0) is 42.7 Å². The van der Waals surface area contributed by atoms with Gasteiger partial charge in [-0.3, -0.25) is 9.36 Å². The van der Waals surface area contributed by atoms with Crippen LogP contribution in [0.1, 0.15) is 28.9 Å². The summed E-state index contributed by atoms with van der Waals surface area (Å²) in [7, 11) is 0. The maximum absolute atomic E-state index is 14.1. The van der Waals surface area contributed by atoms with Crippen LogP contribution in [0.4, 0.5) is 5.69 Å². The third kappa shape index (κ3) is 5.02. The number of amides is 1. The summed E-state index contributed by atoms with van der Waals surface area (Å²) in [4.78, 5) is 20.8. The zero-order valence-electron chi connectivity index (χ0n) is 21.5. The standard InChI is InChI=1S/C31H33N5O2/c37-31(35-18-17-32-21-26(35)15-19-38-27-11-5-2-6-12-27)29-30(24-8-3-1-4-9-24)36(22-34-29)25-14-13-23-10-7-16-33-28(23)20-25/h1-6,8-9,11-14,20,22,26,32-33H,7,10,15-19,21H2/t26-/m1/s1. The summed E-state index contributed by atoms with van der Waals surface area (Å²) in [6.45, 7) is 3.66. The van der Waals surface area contributed by atoms with Gasteiger partial charge in [-0.1, -0.05) is 54.6 Å². The quantitative estimate of drug-likeness (QED) is 0.377. The molecule has 194 valence electrons. The van der Waals surface area contributed by atoms with Gasteiger partial charge in [0.1, 0.15) is 12.1 Å². The molecule has 2 N–H and O–H groups in total. The molecule has 0 saturated carbocycles. The van der Waals surface area contributed by atoms with Crippen molar-refractivity contribution < 1.29 is 9.53 Å². The zero-order chi connectivity index (χ0) is 25.7. The molecule has 0 unspecified atom stereocenters. The van der Waals surface area contributed by atoms with E-state index in [2.05, 4.69) is 33.4 Å². The van der Waals surface area contributed by atoms with Crippen molar-refractivity contribution in [2.75, 3.05) is 38.1 Å². The predicted molar refractivity (Wildman–Crippen MR) is 150 cm³/mol. The first-order valence-electron chi connectivity index (χ1n) is 13.5. The number of hydrogen-bond donors (Lipinski definition) is 2. The second kappa shape index (κ2) is 11.1. The highest BCUT2D eigenvalue weighted by molar-refractivity contribution is 5.99. The van der Waals surface area contributed by atoms with E-state index in [0.717, 1.165) is 67.3 Å². The number of nitrogens with one attached hydrogen (secondary N) is 2.